The fourth-order valence-corrected chi connectivity index (χ4v) is 2.47. The third-order valence-electron chi connectivity index (χ3n) is 3.67. The van der Waals surface area contributed by atoms with Crippen molar-refractivity contribution in [3.8, 4) is 12.1 Å². The van der Waals surface area contributed by atoms with Crippen LogP contribution in [0.4, 0.5) is 10.5 Å². The lowest BCUT2D eigenvalue weighted by Gasteiger charge is -2.20. The second-order valence-corrected chi connectivity index (χ2v) is 5.14. The summed E-state index contributed by atoms with van der Waals surface area (Å²) >= 11 is 0. The van der Waals surface area contributed by atoms with E-state index in [-0.39, 0.29) is 18.9 Å². The second-order valence-electron chi connectivity index (χ2n) is 5.14. The number of nitrogens with zero attached hydrogens (tertiary/aromatic N) is 4. The Morgan fingerprint density at radius 2 is 1.91 bits per heavy atom. The third kappa shape index (κ3) is 2.91. The SMILES string of the molecule is C[C@@H]1C(=O)N(C[C@@H](C#N)CCC#N)C(=O)N1c1ccccc1. The molecule has 2 rings (SSSR count). The average Bonchev–Trinajstić information content (AvgIpc) is 2.75. The van der Waals surface area contributed by atoms with Gasteiger partial charge in [0.05, 0.1) is 18.1 Å². The van der Waals surface area contributed by atoms with E-state index in [0.29, 0.717) is 12.1 Å². The molecule has 6 nitrogen and oxygen atoms in total. The number of anilines is 1. The van der Waals surface area contributed by atoms with Gasteiger partial charge in [-0.25, -0.2) is 4.79 Å². The van der Waals surface area contributed by atoms with Gasteiger partial charge >= 0.3 is 6.03 Å². The van der Waals surface area contributed by atoms with E-state index in [9.17, 15) is 9.59 Å². The molecule has 1 aliphatic heterocycles. The van der Waals surface area contributed by atoms with Crippen LogP contribution in [0.1, 0.15) is 19.8 Å². The number of rotatable bonds is 5. The van der Waals surface area contributed by atoms with Crippen molar-refractivity contribution in [2.45, 2.75) is 25.8 Å². The molecule has 22 heavy (non-hydrogen) atoms. The number of imide groups is 1. The van der Waals surface area contributed by atoms with E-state index >= 15 is 0 Å². The van der Waals surface area contributed by atoms with E-state index < -0.39 is 18.0 Å². The Hall–Kier alpha value is -2.86. The molecule has 0 N–H and O–H groups in total. The van der Waals surface area contributed by atoms with Gasteiger partial charge in [0.25, 0.3) is 5.91 Å². The van der Waals surface area contributed by atoms with Crippen LogP contribution >= 0.6 is 0 Å². The smallest absolute Gasteiger partial charge is 0.282 e. The second kappa shape index (κ2) is 6.73. The molecule has 1 saturated heterocycles. The lowest BCUT2D eigenvalue weighted by molar-refractivity contribution is -0.127. The fraction of sp³-hybridized carbons (Fsp3) is 0.375. The summed E-state index contributed by atoms with van der Waals surface area (Å²) in [6.07, 6.45) is 0.580. The number of hydrogen-bond donors (Lipinski definition) is 0. The molecule has 1 aromatic carbocycles. The van der Waals surface area contributed by atoms with Crippen LogP contribution in [-0.4, -0.2) is 29.4 Å². The van der Waals surface area contributed by atoms with Gasteiger partial charge in [-0.1, -0.05) is 18.2 Å². The summed E-state index contributed by atoms with van der Waals surface area (Å²) in [6, 6.07) is 12.0. The first-order valence-corrected chi connectivity index (χ1v) is 7.06. The van der Waals surface area contributed by atoms with Crippen LogP contribution in [0.15, 0.2) is 30.3 Å². The van der Waals surface area contributed by atoms with E-state index in [1.807, 2.05) is 12.1 Å². The van der Waals surface area contributed by atoms with Crippen LogP contribution in [0, 0.1) is 28.6 Å². The topological polar surface area (TPSA) is 88.2 Å². The number of hydrogen-bond acceptors (Lipinski definition) is 4. The Morgan fingerprint density at radius 3 is 2.50 bits per heavy atom. The summed E-state index contributed by atoms with van der Waals surface area (Å²) in [7, 11) is 0. The van der Waals surface area contributed by atoms with Gasteiger partial charge in [0.2, 0.25) is 0 Å². The van der Waals surface area contributed by atoms with Crippen molar-refractivity contribution in [1.29, 1.82) is 10.5 Å². The molecule has 1 aliphatic rings. The quantitative estimate of drug-likeness (QED) is 0.780. The summed E-state index contributed by atoms with van der Waals surface area (Å²) < 4.78 is 0. The first kappa shape index (κ1) is 15.5. The maximum atomic E-state index is 12.5. The number of nitriles is 2. The van der Waals surface area contributed by atoms with Crippen molar-refractivity contribution in [1.82, 2.24) is 4.90 Å². The van der Waals surface area contributed by atoms with E-state index in [1.54, 1.807) is 31.2 Å². The zero-order valence-corrected chi connectivity index (χ0v) is 12.3. The molecule has 0 aliphatic carbocycles. The molecular weight excluding hydrogens is 280 g/mol. The van der Waals surface area contributed by atoms with Crippen molar-refractivity contribution in [3.63, 3.8) is 0 Å². The molecule has 0 unspecified atom stereocenters. The number of benzene rings is 1. The van der Waals surface area contributed by atoms with Crippen molar-refractivity contribution in [3.05, 3.63) is 30.3 Å². The number of urea groups is 1. The van der Waals surface area contributed by atoms with Gasteiger partial charge in [0.1, 0.15) is 6.04 Å². The van der Waals surface area contributed by atoms with Gasteiger partial charge in [0.15, 0.2) is 0 Å². The number of carbonyl (C=O) groups excluding carboxylic acids is 2. The van der Waals surface area contributed by atoms with Gasteiger partial charge in [-0.3, -0.25) is 14.6 Å². The highest BCUT2D eigenvalue weighted by Crippen LogP contribution is 2.26. The summed E-state index contributed by atoms with van der Waals surface area (Å²) in [4.78, 5) is 27.4. The largest absolute Gasteiger partial charge is 0.332 e. The fourth-order valence-electron chi connectivity index (χ4n) is 2.47. The molecule has 0 radical (unpaired) electrons. The highest BCUT2D eigenvalue weighted by atomic mass is 16.2. The maximum absolute atomic E-state index is 12.5. The van der Waals surface area contributed by atoms with Crippen molar-refractivity contribution in [2.24, 2.45) is 5.92 Å². The summed E-state index contributed by atoms with van der Waals surface area (Å²) in [5.74, 6) is -0.832. The van der Waals surface area contributed by atoms with Crippen molar-refractivity contribution >= 4 is 17.6 Å². The van der Waals surface area contributed by atoms with Crippen LogP contribution in [-0.2, 0) is 4.79 Å². The van der Waals surface area contributed by atoms with Crippen LogP contribution in [0.2, 0.25) is 0 Å². The van der Waals surface area contributed by atoms with Crippen LogP contribution in [0.25, 0.3) is 0 Å². The van der Waals surface area contributed by atoms with Gasteiger partial charge in [-0.2, -0.15) is 10.5 Å². The predicted octanol–water partition coefficient (Wildman–Crippen LogP) is 2.29. The first-order valence-electron chi connectivity index (χ1n) is 7.06. The molecule has 1 heterocycles. The lowest BCUT2D eigenvalue weighted by Crippen LogP contribution is -2.36. The minimum atomic E-state index is -0.592. The van der Waals surface area contributed by atoms with Crippen LogP contribution in [0.3, 0.4) is 0 Å². The molecule has 0 saturated carbocycles. The Bertz CT molecular complexity index is 644. The van der Waals surface area contributed by atoms with E-state index in [4.69, 9.17) is 10.5 Å². The Labute approximate surface area is 129 Å². The van der Waals surface area contributed by atoms with Crippen LogP contribution in [0.5, 0.6) is 0 Å². The first-order chi connectivity index (χ1) is 10.6. The maximum Gasteiger partial charge on any atom is 0.332 e. The molecule has 112 valence electrons. The lowest BCUT2D eigenvalue weighted by atomic mass is 10.1. The molecular formula is C16H16N4O2. The van der Waals surface area contributed by atoms with Gasteiger partial charge in [0, 0.05) is 18.7 Å². The van der Waals surface area contributed by atoms with Crippen LogP contribution < -0.4 is 4.90 Å². The van der Waals surface area contributed by atoms with Crippen molar-refractivity contribution in [2.75, 3.05) is 11.4 Å². The van der Waals surface area contributed by atoms with E-state index in [1.165, 1.54) is 4.90 Å². The molecule has 1 aromatic rings. The van der Waals surface area contributed by atoms with Crippen molar-refractivity contribution < 1.29 is 9.59 Å². The molecule has 1 fully saturated rings. The van der Waals surface area contributed by atoms with E-state index in [0.717, 1.165) is 4.90 Å². The Balaban J connectivity index is 2.18. The van der Waals surface area contributed by atoms with Gasteiger partial charge < -0.3 is 0 Å². The minimum Gasteiger partial charge on any atom is -0.282 e. The minimum absolute atomic E-state index is 0.0313. The third-order valence-corrected chi connectivity index (χ3v) is 3.67. The molecule has 0 spiro atoms. The monoisotopic (exact) mass is 296 g/mol. The molecule has 6 heteroatoms. The van der Waals surface area contributed by atoms with Gasteiger partial charge in [-0.05, 0) is 25.5 Å². The number of para-hydroxylation sites is 1. The van der Waals surface area contributed by atoms with Gasteiger partial charge in [-0.15, -0.1) is 0 Å². The Morgan fingerprint density at radius 1 is 1.23 bits per heavy atom. The zero-order chi connectivity index (χ0) is 16.1. The molecule has 2 atom stereocenters. The van der Waals surface area contributed by atoms with E-state index in [2.05, 4.69) is 6.07 Å². The predicted molar refractivity (Wildman–Crippen MR) is 79.4 cm³/mol. The Kier molecular flexibility index (Phi) is 4.75. The normalized spacial score (nSPS) is 19.0. The molecule has 0 bridgehead atoms. The molecule has 3 amide bonds. The number of amides is 3. The highest BCUT2D eigenvalue weighted by Gasteiger charge is 2.43. The standard InChI is InChI=1S/C16H16N4O2/c1-12-15(21)19(11-13(10-18)6-5-9-17)16(22)20(12)14-7-3-2-4-8-14/h2-4,7-8,12-13H,5-6,11H2,1H3/t12-,13-/m1/s1. The summed E-state index contributed by atoms with van der Waals surface area (Å²) in [5, 5.41) is 17.7. The molecule has 0 aromatic heterocycles. The number of carbonyl (C=O) groups is 2. The zero-order valence-electron chi connectivity index (χ0n) is 12.3. The summed E-state index contributed by atoms with van der Waals surface area (Å²) in [6.45, 7) is 1.70. The summed E-state index contributed by atoms with van der Waals surface area (Å²) in [5.41, 5.74) is 0.654. The average molecular weight is 296 g/mol. The highest BCUT2D eigenvalue weighted by molar-refractivity contribution is 6.14.